The average molecular weight is 291 g/mol. The zero-order valence-corrected chi connectivity index (χ0v) is 12.6. The molecule has 3 atom stereocenters. The molecule has 4 nitrogen and oxygen atoms in total. The number of aliphatic hydroxyl groups is 1. The Morgan fingerprint density at radius 3 is 2.85 bits per heavy atom. The Bertz CT molecular complexity index is 565. The Hall–Kier alpha value is -0.910. The van der Waals surface area contributed by atoms with E-state index in [4.69, 9.17) is 0 Å². The van der Waals surface area contributed by atoms with Crippen LogP contribution in [0.3, 0.4) is 0 Å². The van der Waals surface area contributed by atoms with Crippen LogP contribution in [0.25, 0.3) is 4.96 Å². The van der Waals surface area contributed by atoms with E-state index >= 15 is 0 Å². The molecule has 0 aliphatic carbocycles. The molecular weight excluding hydrogens is 270 g/mol. The van der Waals surface area contributed by atoms with E-state index in [1.165, 1.54) is 12.8 Å². The van der Waals surface area contributed by atoms with Crippen molar-refractivity contribution in [3.05, 3.63) is 23.5 Å². The van der Waals surface area contributed by atoms with Gasteiger partial charge in [-0.3, -0.25) is 4.40 Å². The van der Waals surface area contributed by atoms with Gasteiger partial charge in [-0.05, 0) is 38.6 Å². The number of piperidine rings is 1. The minimum Gasteiger partial charge on any atom is -0.392 e. The van der Waals surface area contributed by atoms with Crippen LogP contribution in [0.1, 0.15) is 31.4 Å². The van der Waals surface area contributed by atoms with Crippen molar-refractivity contribution in [3.8, 4) is 0 Å². The highest BCUT2D eigenvalue weighted by Crippen LogP contribution is 2.39. The quantitative estimate of drug-likeness (QED) is 0.942. The maximum absolute atomic E-state index is 10.6. The summed E-state index contributed by atoms with van der Waals surface area (Å²) in [7, 11) is 2.24. The fourth-order valence-corrected chi connectivity index (χ4v) is 4.74. The van der Waals surface area contributed by atoms with Crippen LogP contribution in [0.4, 0.5) is 0 Å². The maximum atomic E-state index is 10.6. The maximum Gasteiger partial charge on any atom is 0.193 e. The summed E-state index contributed by atoms with van der Waals surface area (Å²) in [6.07, 6.45) is 9.46. The third-order valence-corrected chi connectivity index (χ3v) is 6.01. The standard InChI is InChI=1S/C15H21N3OS/c1-17-12-2-3-13(17)7-10(6-12)14(19)8-11-9-18-4-5-20-15(18)16-11/h4-5,9-10,12-14,19H,2-3,6-8H2,1H3. The van der Waals surface area contributed by atoms with Gasteiger partial charge in [-0.15, -0.1) is 11.3 Å². The Kier molecular flexibility index (Phi) is 3.09. The van der Waals surface area contributed by atoms with Gasteiger partial charge in [-0.25, -0.2) is 4.98 Å². The van der Waals surface area contributed by atoms with Gasteiger partial charge in [-0.2, -0.15) is 0 Å². The smallest absolute Gasteiger partial charge is 0.193 e. The van der Waals surface area contributed by atoms with Gasteiger partial charge in [0.05, 0.1) is 11.8 Å². The lowest BCUT2D eigenvalue weighted by molar-refractivity contribution is 0.0363. The molecule has 3 unspecified atom stereocenters. The Labute approximate surface area is 123 Å². The van der Waals surface area contributed by atoms with Crippen LogP contribution in [0.15, 0.2) is 17.8 Å². The molecule has 2 bridgehead atoms. The average Bonchev–Trinajstić information content (AvgIpc) is 3.02. The number of hydrogen-bond donors (Lipinski definition) is 1. The van der Waals surface area contributed by atoms with Crippen LogP contribution in [-0.4, -0.2) is 44.6 Å². The van der Waals surface area contributed by atoms with Crippen molar-refractivity contribution in [3.63, 3.8) is 0 Å². The third-order valence-electron chi connectivity index (χ3n) is 5.24. The number of imidazole rings is 1. The summed E-state index contributed by atoms with van der Waals surface area (Å²) in [5, 5.41) is 12.6. The van der Waals surface area contributed by atoms with E-state index in [1.54, 1.807) is 11.3 Å². The first kappa shape index (κ1) is 12.8. The Morgan fingerprint density at radius 2 is 2.15 bits per heavy atom. The topological polar surface area (TPSA) is 40.8 Å². The molecule has 0 aromatic carbocycles. The molecule has 1 N–H and O–H groups in total. The molecule has 0 radical (unpaired) electrons. The largest absolute Gasteiger partial charge is 0.392 e. The summed E-state index contributed by atoms with van der Waals surface area (Å²) in [5.74, 6) is 0.448. The predicted molar refractivity (Wildman–Crippen MR) is 80.1 cm³/mol. The molecular formula is C15H21N3OS. The second-order valence-electron chi connectivity index (χ2n) is 6.38. The van der Waals surface area contributed by atoms with Crippen molar-refractivity contribution in [2.45, 2.75) is 50.3 Å². The van der Waals surface area contributed by atoms with Crippen LogP contribution >= 0.6 is 11.3 Å². The van der Waals surface area contributed by atoms with Gasteiger partial charge >= 0.3 is 0 Å². The number of aliphatic hydroxyl groups excluding tert-OH is 1. The van der Waals surface area contributed by atoms with Crippen molar-refractivity contribution in [1.29, 1.82) is 0 Å². The molecule has 4 rings (SSSR count). The lowest BCUT2D eigenvalue weighted by Crippen LogP contribution is -2.43. The fourth-order valence-electron chi connectivity index (χ4n) is 4.02. The van der Waals surface area contributed by atoms with E-state index in [1.807, 2.05) is 16.0 Å². The van der Waals surface area contributed by atoms with Crippen molar-refractivity contribution < 1.29 is 5.11 Å². The number of rotatable bonds is 3. The summed E-state index contributed by atoms with van der Waals surface area (Å²) in [6.45, 7) is 0. The van der Waals surface area contributed by atoms with Crippen molar-refractivity contribution >= 4 is 16.3 Å². The third kappa shape index (κ3) is 2.08. The van der Waals surface area contributed by atoms with Gasteiger partial charge in [-0.1, -0.05) is 0 Å². The van der Waals surface area contributed by atoms with Crippen LogP contribution in [-0.2, 0) is 6.42 Å². The molecule has 2 aromatic heterocycles. The number of aromatic nitrogens is 2. The van der Waals surface area contributed by atoms with Gasteiger partial charge in [0.2, 0.25) is 0 Å². The first-order valence-electron chi connectivity index (χ1n) is 7.52. The van der Waals surface area contributed by atoms with Crippen LogP contribution in [0.5, 0.6) is 0 Å². The monoisotopic (exact) mass is 291 g/mol. The summed E-state index contributed by atoms with van der Waals surface area (Å²) in [6, 6.07) is 1.39. The molecule has 0 spiro atoms. The number of nitrogens with zero attached hydrogens (tertiary/aromatic N) is 3. The van der Waals surface area contributed by atoms with Crippen molar-refractivity contribution in [1.82, 2.24) is 14.3 Å². The summed E-state index contributed by atoms with van der Waals surface area (Å²) in [4.78, 5) is 8.13. The SMILES string of the molecule is CN1C2CCC1CC(C(O)Cc1cn3ccsc3n1)C2. The summed E-state index contributed by atoms with van der Waals surface area (Å²) < 4.78 is 2.05. The predicted octanol–water partition coefficient (Wildman–Crippen LogP) is 2.17. The van der Waals surface area contributed by atoms with E-state index in [0.29, 0.717) is 24.4 Å². The minimum absolute atomic E-state index is 0.239. The second-order valence-corrected chi connectivity index (χ2v) is 7.25. The van der Waals surface area contributed by atoms with Crippen LogP contribution in [0, 0.1) is 5.92 Å². The zero-order valence-electron chi connectivity index (χ0n) is 11.8. The van der Waals surface area contributed by atoms with Crippen molar-refractivity contribution in [2.75, 3.05) is 7.05 Å². The lowest BCUT2D eigenvalue weighted by atomic mass is 9.85. The van der Waals surface area contributed by atoms with Gasteiger partial charge in [0.1, 0.15) is 0 Å². The van der Waals surface area contributed by atoms with E-state index in [2.05, 4.69) is 23.1 Å². The number of fused-ring (bicyclic) bond motifs is 3. The summed E-state index contributed by atoms with van der Waals surface area (Å²) in [5.41, 5.74) is 1.02. The second kappa shape index (κ2) is 4.83. The molecule has 4 heterocycles. The first-order chi connectivity index (χ1) is 9.70. The molecule has 20 heavy (non-hydrogen) atoms. The normalized spacial score (nSPS) is 32.0. The van der Waals surface area contributed by atoms with Crippen LogP contribution in [0.2, 0.25) is 0 Å². The molecule has 0 amide bonds. The molecule has 2 fully saturated rings. The fraction of sp³-hybridized carbons (Fsp3) is 0.667. The Balaban J connectivity index is 1.45. The van der Waals surface area contributed by atoms with Gasteiger partial charge in [0, 0.05) is 36.3 Å². The van der Waals surface area contributed by atoms with E-state index in [9.17, 15) is 5.11 Å². The molecule has 2 saturated heterocycles. The summed E-state index contributed by atoms with van der Waals surface area (Å²) >= 11 is 1.65. The van der Waals surface area contributed by atoms with Gasteiger partial charge in [0.25, 0.3) is 0 Å². The number of thiazole rings is 1. The van der Waals surface area contributed by atoms with E-state index in [-0.39, 0.29) is 6.10 Å². The van der Waals surface area contributed by atoms with Gasteiger partial charge < -0.3 is 10.0 Å². The molecule has 2 aliphatic rings. The highest BCUT2D eigenvalue weighted by molar-refractivity contribution is 7.15. The number of hydrogen-bond acceptors (Lipinski definition) is 4. The van der Waals surface area contributed by atoms with Crippen LogP contribution < -0.4 is 0 Å². The lowest BCUT2D eigenvalue weighted by Gasteiger charge is -2.38. The van der Waals surface area contributed by atoms with E-state index < -0.39 is 0 Å². The molecule has 0 saturated carbocycles. The highest BCUT2D eigenvalue weighted by Gasteiger charge is 2.40. The molecule has 2 aromatic rings. The molecule has 5 heteroatoms. The molecule has 2 aliphatic heterocycles. The first-order valence-corrected chi connectivity index (χ1v) is 8.40. The molecule has 108 valence electrons. The highest BCUT2D eigenvalue weighted by atomic mass is 32.1. The van der Waals surface area contributed by atoms with E-state index in [0.717, 1.165) is 23.5 Å². The van der Waals surface area contributed by atoms with Gasteiger partial charge in [0.15, 0.2) is 4.96 Å². The van der Waals surface area contributed by atoms with Crippen molar-refractivity contribution in [2.24, 2.45) is 5.92 Å². The zero-order chi connectivity index (χ0) is 13.7. The Morgan fingerprint density at radius 1 is 1.40 bits per heavy atom. The minimum atomic E-state index is -0.239.